The van der Waals surface area contributed by atoms with Gasteiger partial charge in [-0.2, -0.15) is 0 Å². The summed E-state index contributed by atoms with van der Waals surface area (Å²) in [6.45, 7) is 8.90. The summed E-state index contributed by atoms with van der Waals surface area (Å²) < 4.78 is 0. The Bertz CT molecular complexity index is 430. The van der Waals surface area contributed by atoms with Crippen LogP contribution in [0.5, 0.6) is 0 Å². The van der Waals surface area contributed by atoms with E-state index >= 15 is 0 Å². The third-order valence-electron chi connectivity index (χ3n) is 4.81. The minimum atomic E-state index is -0.344. The van der Waals surface area contributed by atoms with Gasteiger partial charge in [-0.25, -0.2) is 0 Å². The highest BCUT2D eigenvalue weighted by atomic mass is 16.2. The Balaban J connectivity index is 2.07. The lowest BCUT2D eigenvalue weighted by Gasteiger charge is -2.43. The summed E-state index contributed by atoms with van der Waals surface area (Å²) in [6.07, 6.45) is 4.28. The molecule has 1 aliphatic carbocycles. The van der Waals surface area contributed by atoms with Crippen LogP contribution in [0.25, 0.3) is 0 Å². The molecular formula is C17H31N3O2. The van der Waals surface area contributed by atoms with Gasteiger partial charge in [-0.3, -0.25) is 4.79 Å². The van der Waals surface area contributed by atoms with Gasteiger partial charge < -0.3 is 20.7 Å². The minimum Gasteiger partial charge on any atom is -0.338 e. The van der Waals surface area contributed by atoms with Crippen LogP contribution in [-0.4, -0.2) is 46.8 Å². The molecule has 0 aromatic carbocycles. The smallest absolute Gasteiger partial charge is 0.239 e. The van der Waals surface area contributed by atoms with Crippen molar-refractivity contribution < 1.29 is 9.59 Å². The van der Waals surface area contributed by atoms with Gasteiger partial charge in [-0.1, -0.05) is 0 Å². The molecule has 3 N–H and O–H groups in total. The van der Waals surface area contributed by atoms with Gasteiger partial charge in [-0.15, -0.1) is 0 Å². The number of nitrogens with zero attached hydrogens (tertiary/aromatic N) is 1. The number of Topliss-reactive ketones (excluding diaryl/α,β-unsaturated/α-hetero) is 1. The first-order valence-electron chi connectivity index (χ1n) is 8.50. The van der Waals surface area contributed by atoms with Gasteiger partial charge in [0.2, 0.25) is 5.91 Å². The SMILES string of the molecule is CC(=O)C[C@@H]1C[C@H](NC(C)(C)C)CC[C@@H]1N1CC[C@H](N)C1=O. The molecule has 0 unspecified atom stereocenters. The average Bonchev–Trinajstić information content (AvgIpc) is 2.68. The van der Waals surface area contributed by atoms with E-state index in [1.165, 1.54) is 0 Å². The largest absolute Gasteiger partial charge is 0.338 e. The number of carbonyl (C=O) groups is 2. The number of nitrogens with one attached hydrogen (secondary N) is 1. The average molecular weight is 309 g/mol. The van der Waals surface area contributed by atoms with E-state index in [2.05, 4.69) is 26.1 Å². The van der Waals surface area contributed by atoms with E-state index in [9.17, 15) is 9.59 Å². The highest BCUT2D eigenvalue weighted by molar-refractivity contribution is 5.84. The molecule has 0 aromatic rings. The van der Waals surface area contributed by atoms with Gasteiger partial charge in [0.15, 0.2) is 0 Å². The molecule has 4 atom stereocenters. The molecule has 22 heavy (non-hydrogen) atoms. The number of hydrogen-bond donors (Lipinski definition) is 2. The molecule has 0 radical (unpaired) electrons. The van der Waals surface area contributed by atoms with Crippen LogP contribution >= 0.6 is 0 Å². The Morgan fingerprint density at radius 3 is 2.50 bits per heavy atom. The van der Waals surface area contributed by atoms with Crippen molar-refractivity contribution >= 4 is 11.7 Å². The lowest BCUT2D eigenvalue weighted by Crippen LogP contribution is -2.53. The second-order valence-electron chi connectivity index (χ2n) is 8.06. The number of ketones is 1. The molecule has 1 amide bonds. The summed E-state index contributed by atoms with van der Waals surface area (Å²) in [5.74, 6) is 0.531. The van der Waals surface area contributed by atoms with E-state index in [0.29, 0.717) is 12.5 Å². The lowest BCUT2D eigenvalue weighted by atomic mass is 9.77. The van der Waals surface area contributed by atoms with Gasteiger partial charge in [0.05, 0.1) is 6.04 Å². The Labute approximate surface area is 134 Å². The first kappa shape index (κ1) is 17.4. The van der Waals surface area contributed by atoms with Crippen molar-refractivity contribution in [2.75, 3.05) is 6.54 Å². The predicted octanol–water partition coefficient (Wildman–Crippen LogP) is 1.45. The van der Waals surface area contributed by atoms with Crippen molar-refractivity contribution in [1.82, 2.24) is 10.2 Å². The van der Waals surface area contributed by atoms with Crippen LogP contribution < -0.4 is 11.1 Å². The molecule has 2 fully saturated rings. The Kier molecular flexibility index (Phi) is 5.28. The Morgan fingerprint density at radius 1 is 1.32 bits per heavy atom. The zero-order valence-corrected chi connectivity index (χ0v) is 14.4. The van der Waals surface area contributed by atoms with Crippen molar-refractivity contribution in [3.63, 3.8) is 0 Å². The fourth-order valence-electron chi connectivity index (χ4n) is 4.04. The normalized spacial score (nSPS) is 33.3. The van der Waals surface area contributed by atoms with Gasteiger partial charge in [0.1, 0.15) is 5.78 Å². The summed E-state index contributed by atoms with van der Waals surface area (Å²) in [5, 5.41) is 3.65. The maximum Gasteiger partial charge on any atom is 0.239 e. The van der Waals surface area contributed by atoms with Crippen LogP contribution in [-0.2, 0) is 9.59 Å². The summed E-state index contributed by atoms with van der Waals surface area (Å²) in [6, 6.07) is 0.262. The number of carbonyl (C=O) groups excluding carboxylic acids is 2. The van der Waals surface area contributed by atoms with E-state index in [0.717, 1.165) is 32.2 Å². The molecule has 0 aromatic heterocycles. The molecule has 5 heteroatoms. The van der Waals surface area contributed by atoms with E-state index in [-0.39, 0.29) is 35.2 Å². The van der Waals surface area contributed by atoms with E-state index in [1.54, 1.807) is 6.92 Å². The number of amides is 1. The standard InChI is InChI=1S/C17H31N3O2/c1-11(21)9-12-10-13(19-17(2,3)4)5-6-15(12)20-8-7-14(18)16(20)22/h12-15,19H,5-10,18H2,1-4H3/t12-,13-,14+,15+/m1/s1. The highest BCUT2D eigenvalue weighted by Crippen LogP contribution is 2.34. The van der Waals surface area contributed by atoms with Crippen LogP contribution in [0.2, 0.25) is 0 Å². The number of nitrogens with two attached hydrogens (primary N) is 1. The van der Waals surface area contributed by atoms with Crippen LogP contribution in [0.1, 0.15) is 59.8 Å². The molecule has 5 nitrogen and oxygen atoms in total. The van der Waals surface area contributed by atoms with E-state index in [1.807, 2.05) is 4.90 Å². The van der Waals surface area contributed by atoms with Crippen molar-refractivity contribution in [1.29, 1.82) is 0 Å². The van der Waals surface area contributed by atoms with E-state index in [4.69, 9.17) is 5.73 Å². The van der Waals surface area contributed by atoms with Crippen LogP contribution in [0.4, 0.5) is 0 Å². The zero-order chi connectivity index (χ0) is 16.5. The Hall–Kier alpha value is -0.940. The summed E-state index contributed by atoms with van der Waals surface area (Å²) in [4.78, 5) is 25.9. The van der Waals surface area contributed by atoms with Crippen molar-refractivity contribution in [3.8, 4) is 0 Å². The van der Waals surface area contributed by atoms with Crippen molar-refractivity contribution in [2.24, 2.45) is 11.7 Å². The third-order valence-corrected chi connectivity index (χ3v) is 4.81. The molecule has 1 aliphatic heterocycles. The zero-order valence-electron chi connectivity index (χ0n) is 14.4. The molecule has 0 spiro atoms. The first-order valence-corrected chi connectivity index (χ1v) is 8.50. The predicted molar refractivity (Wildman–Crippen MR) is 87.4 cm³/mol. The van der Waals surface area contributed by atoms with E-state index < -0.39 is 0 Å². The molecule has 1 saturated carbocycles. The Morgan fingerprint density at radius 2 is 2.00 bits per heavy atom. The summed E-state index contributed by atoms with van der Waals surface area (Å²) in [7, 11) is 0. The molecule has 1 heterocycles. The monoisotopic (exact) mass is 309 g/mol. The number of hydrogen-bond acceptors (Lipinski definition) is 4. The molecule has 126 valence electrons. The first-order chi connectivity index (χ1) is 10.2. The van der Waals surface area contributed by atoms with Gasteiger partial charge in [0.25, 0.3) is 0 Å². The molecule has 1 saturated heterocycles. The van der Waals surface area contributed by atoms with Crippen molar-refractivity contribution in [3.05, 3.63) is 0 Å². The number of rotatable bonds is 4. The fourth-order valence-corrected chi connectivity index (χ4v) is 4.04. The van der Waals surface area contributed by atoms with Gasteiger partial charge in [0, 0.05) is 30.6 Å². The van der Waals surface area contributed by atoms with Crippen LogP contribution in [0.3, 0.4) is 0 Å². The second-order valence-corrected chi connectivity index (χ2v) is 8.06. The maximum atomic E-state index is 12.2. The quantitative estimate of drug-likeness (QED) is 0.824. The van der Waals surface area contributed by atoms with Gasteiger partial charge >= 0.3 is 0 Å². The molecular weight excluding hydrogens is 278 g/mol. The molecule has 0 bridgehead atoms. The topological polar surface area (TPSA) is 75.4 Å². The lowest BCUT2D eigenvalue weighted by molar-refractivity contribution is -0.133. The van der Waals surface area contributed by atoms with Crippen LogP contribution in [0, 0.1) is 5.92 Å². The molecule has 2 rings (SSSR count). The molecule has 2 aliphatic rings. The van der Waals surface area contributed by atoms with Crippen LogP contribution in [0.15, 0.2) is 0 Å². The van der Waals surface area contributed by atoms with Gasteiger partial charge in [-0.05, 0) is 59.3 Å². The minimum absolute atomic E-state index is 0.0702. The second kappa shape index (κ2) is 6.67. The maximum absolute atomic E-state index is 12.2. The van der Waals surface area contributed by atoms with Crippen molar-refractivity contribution in [2.45, 2.75) is 83.5 Å². The summed E-state index contributed by atoms with van der Waals surface area (Å²) >= 11 is 0. The number of likely N-dealkylation sites (tertiary alicyclic amines) is 1. The summed E-state index contributed by atoms with van der Waals surface area (Å²) in [5.41, 5.74) is 5.94. The third kappa shape index (κ3) is 4.29. The highest BCUT2D eigenvalue weighted by Gasteiger charge is 2.41. The fraction of sp³-hybridized carbons (Fsp3) is 0.882.